The molecule has 2 aromatic heterocycles. The van der Waals surface area contributed by atoms with Gasteiger partial charge in [0.25, 0.3) is 17.9 Å². The molecule has 1 spiro atoms. The highest BCUT2D eigenvalue weighted by Crippen LogP contribution is 2.43. The van der Waals surface area contributed by atoms with E-state index in [1.54, 1.807) is 7.11 Å². The quantitative estimate of drug-likeness (QED) is 0.374. The maximum absolute atomic E-state index is 6.00. The van der Waals surface area contributed by atoms with E-state index in [0.717, 1.165) is 65.2 Å². The number of nitrogens with zero attached hydrogens (tertiary/aromatic N) is 3. The largest absolute Gasteiger partial charge is 0.465 e. The van der Waals surface area contributed by atoms with E-state index < -0.39 is 0 Å². The average molecular weight is 473 g/mol. The Balaban J connectivity index is 1.36. The van der Waals surface area contributed by atoms with Gasteiger partial charge >= 0.3 is 0 Å². The Kier molecular flexibility index (Phi) is 5.66. The molecule has 2 aliphatic rings. The number of methoxy groups -OCH3 is 1. The van der Waals surface area contributed by atoms with Gasteiger partial charge in [-0.15, -0.1) is 0 Å². The summed E-state index contributed by atoms with van der Waals surface area (Å²) >= 11 is 0. The number of para-hydroxylation sites is 1. The number of hydrogen-bond acceptors (Lipinski definition) is 5. The predicted molar refractivity (Wildman–Crippen MR) is 132 cm³/mol. The van der Waals surface area contributed by atoms with Crippen LogP contribution in [0.15, 0.2) is 67.1 Å². The van der Waals surface area contributed by atoms with E-state index in [0.29, 0.717) is 19.3 Å². The van der Waals surface area contributed by atoms with Crippen molar-refractivity contribution >= 4 is 11.0 Å². The fourth-order valence-corrected chi connectivity index (χ4v) is 5.40. The highest BCUT2D eigenvalue weighted by molar-refractivity contribution is 5.97. The molecule has 2 fully saturated rings. The van der Waals surface area contributed by atoms with Gasteiger partial charge in [0.15, 0.2) is 5.79 Å². The lowest BCUT2D eigenvalue weighted by atomic mass is 9.90. The number of rotatable bonds is 5. The van der Waals surface area contributed by atoms with E-state index in [4.69, 9.17) is 23.9 Å². The van der Waals surface area contributed by atoms with Crippen molar-refractivity contribution < 1.29 is 23.5 Å². The van der Waals surface area contributed by atoms with Crippen LogP contribution in [0.2, 0.25) is 0 Å². The third-order valence-corrected chi connectivity index (χ3v) is 7.15. The minimum Gasteiger partial charge on any atom is -0.465 e. The SMILES string of the molecule is COc1c2c(-c3ccc(Oc4ccccc4)cc3)cn(C3CCC4(CC3)OCCO4)c2nc[n+]1C. The summed E-state index contributed by atoms with van der Waals surface area (Å²) in [6.07, 6.45) is 7.82. The van der Waals surface area contributed by atoms with E-state index >= 15 is 0 Å². The molecule has 1 aliphatic carbocycles. The van der Waals surface area contributed by atoms with Crippen molar-refractivity contribution in [3.8, 4) is 28.5 Å². The standard InChI is InChI=1S/C28H30N3O4/c1-30-19-29-26-25(27(30)32-2)24(18-31(26)21-12-14-28(15-13-21)33-16-17-34-28)20-8-10-23(11-9-20)35-22-6-4-3-5-7-22/h3-11,18-19,21H,12-17H2,1-2H3/q+1. The highest BCUT2D eigenvalue weighted by Gasteiger charge is 2.41. The zero-order chi connectivity index (χ0) is 23.8. The molecule has 6 rings (SSSR count). The summed E-state index contributed by atoms with van der Waals surface area (Å²) in [6, 6.07) is 18.4. The second kappa shape index (κ2) is 8.98. The molecule has 0 radical (unpaired) electrons. The van der Waals surface area contributed by atoms with Crippen LogP contribution in [-0.2, 0) is 16.5 Å². The normalized spacial score (nSPS) is 17.8. The summed E-state index contributed by atoms with van der Waals surface area (Å²) in [6.45, 7) is 1.39. The molecule has 2 aromatic carbocycles. The van der Waals surface area contributed by atoms with Crippen LogP contribution in [0.5, 0.6) is 17.4 Å². The number of benzene rings is 2. The van der Waals surface area contributed by atoms with E-state index in [1.165, 1.54) is 0 Å². The second-order valence-corrected chi connectivity index (χ2v) is 9.29. The lowest BCUT2D eigenvalue weighted by Gasteiger charge is -2.35. The van der Waals surface area contributed by atoms with Gasteiger partial charge in [0, 0.05) is 30.6 Å². The van der Waals surface area contributed by atoms with Crippen molar-refractivity contribution in [1.82, 2.24) is 9.55 Å². The van der Waals surface area contributed by atoms with Crippen LogP contribution in [0.3, 0.4) is 0 Å². The lowest BCUT2D eigenvalue weighted by Crippen LogP contribution is -2.36. The van der Waals surface area contributed by atoms with Crippen molar-refractivity contribution in [2.45, 2.75) is 37.5 Å². The first-order valence-electron chi connectivity index (χ1n) is 12.2. The Morgan fingerprint density at radius 3 is 2.34 bits per heavy atom. The Morgan fingerprint density at radius 2 is 1.66 bits per heavy atom. The van der Waals surface area contributed by atoms with Crippen LogP contribution in [0.25, 0.3) is 22.2 Å². The number of aryl methyl sites for hydroxylation is 1. The monoisotopic (exact) mass is 472 g/mol. The van der Waals surface area contributed by atoms with Gasteiger partial charge in [0.1, 0.15) is 16.9 Å². The van der Waals surface area contributed by atoms with Crippen LogP contribution < -0.4 is 14.0 Å². The third kappa shape index (κ3) is 4.05. The zero-order valence-electron chi connectivity index (χ0n) is 20.1. The van der Waals surface area contributed by atoms with Crippen molar-refractivity contribution in [3.05, 3.63) is 67.1 Å². The summed E-state index contributed by atoms with van der Waals surface area (Å²) in [4.78, 5) is 4.83. The first-order valence-corrected chi connectivity index (χ1v) is 12.2. The average Bonchev–Trinajstić information content (AvgIpc) is 3.51. The topological polar surface area (TPSA) is 58.6 Å². The smallest absolute Gasteiger partial charge is 0.297 e. The molecule has 0 amide bonds. The zero-order valence-corrected chi connectivity index (χ0v) is 20.1. The lowest BCUT2D eigenvalue weighted by molar-refractivity contribution is -0.678. The first kappa shape index (κ1) is 22.1. The number of hydrogen-bond donors (Lipinski definition) is 0. The number of ether oxygens (including phenoxy) is 4. The van der Waals surface area contributed by atoms with Crippen LogP contribution in [0.1, 0.15) is 31.7 Å². The van der Waals surface area contributed by atoms with Crippen molar-refractivity contribution in [2.24, 2.45) is 7.05 Å². The molecule has 1 saturated heterocycles. The van der Waals surface area contributed by atoms with Crippen LogP contribution in [0.4, 0.5) is 0 Å². The van der Waals surface area contributed by atoms with E-state index in [2.05, 4.69) is 22.9 Å². The molecule has 0 unspecified atom stereocenters. The second-order valence-electron chi connectivity index (χ2n) is 9.29. The van der Waals surface area contributed by atoms with Gasteiger partial charge in [-0.1, -0.05) is 30.3 Å². The van der Waals surface area contributed by atoms with Gasteiger partial charge in [-0.2, -0.15) is 0 Å². The van der Waals surface area contributed by atoms with Crippen LogP contribution in [0, 0.1) is 0 Å². The van der Waals surface area contributed by atoms with Gasteiger partial charge in [0.05, 0.1) is 27.4 Å². The summed E-state index contributed by atoms with van der Waals surface area (Å²) < 4.78 is 28.0. The molecular weight excluding hydrogens is 442 g/mol. The molecule has 0 bridgehead atoms. The molecule has 7 heteroatoms. The molecule has 3 heterocycles. The molecule has 180 valence electrons. The summed E-state index contributed by atoms with van der Waals surface area (Å²) in [7, 11) is 3.67. The molecular formula is C28H30N3O4+. The van der Waals surface area contributed by atoms with Gasteiger partial charge in [-0.05, 0) is 47.7 Å². The molecule has 1 aliphatic heterocycles. The Morgan fingerprint density at radius 1 is 0.971 bits per heavy atom. The van der Waals surface area contributed by atoms with Gasteiger partial charge in [0.2, 0.25) is 0 Å². The van der Waals surface area contributed by atoms with Crippen molar-refractivity contribution in [3.63, 3.8) is 0 Å². The summed E-state index contributed by atoms with van der Waals surface area (Å²) in [5, 5.41) is 1.02. The maximum atomic E-state index is 6.00. The third-order valence-electron chi connectivity index (χ3n) is 7.15. The first-order chi connectivity index (χ1) is 17.2. The number of fused-ring (bicyclic) bond motifs is 1. The van der Waals surface area contributed by atoms with E-state index in [1.807, 2.05) is 60.4 Å². The predicted octanol–water partition coefficient (Wildman–Crippen LogP) is 5.19. The van der Waals surface area contributed by atoms with Crippen LogP contribution in [-0.4, -0.2) is 35.7 Å². The van der Waals surface area contributed by atoms with E-state index in [-0.39, 0.29) is 5.79 Å². The fraction of sp³-hybridized carbons (Fsp3) is 0.357. The minimum atomic E-state index is -0.381. The Labute approximate surface area is 204 Å². The van der Waals surface area contributed by atoms with Gasteiger partial charge in [-0.3, -0.25) is 0 Å². The van der Waals surface area contributed by atoms with Crippen molar-refractivity contribution in [1.29, 1.82) is 0 Å². The van der Waals surface area contributed by atoms with Gasteiger partial charge in [-0.25, -0.2) is 4.57 Å². The summed E-state index contributed by atoms with van der Waals surface area (Å²) in [5.41, 5.74) is 3.13. The number of aromatic nitrogens is 3. The Bertz CT molecular complexity index is 1320. The van der Waals surface area contributed by atoms with Crippen molar-refractivity contribution in [2.75, 3.05) is 20.3 Å². The highest BCUT2D eigenvalue weighted by atomic mass is 16.7. The molecule has 1 saturated carbocycles. The minimum absolute atomic E-state index is 0.329. The van der Waals surface area contributed by atoms with E-state index in [9.17, 15) is 0 Å². The molecule has 35 heavy (non-hydrogen) atoms. The van der Waals surface area contributed by atoms with Crippen LogP contribution >= 0.6 is 0 Å². The molecule has 7 nitrogen and oxygen atoms in total. The van der Waals surface area contributed by atoms with Gasteiger partial charge < -0.3 is 23.5 Å². The molecule has 4 aromatic rings. The Hall–Kier alpha value is -3.42. The molecule has 0 N–H and O–H groups in total. The fourth-order valence-electron chi connectivity index (χ4n) is 5.40. The summed E-state index contributed by atoms with van der Waals surface area (Å²) in [5.74, 6) is 2.03. The molecule has 0 atom stereocenters. The maximum Gasteiger partial charge on any atom is 0.297 e.